The van der Waals surface area contributed by atoms with E-state index in [1.807, 2.05) is 23.1 Å². The van der Waals surface area contributed by atoms with E-state index in [9.17, 15) is 5.11 Å². The summed E-state index contributed by atoms with van der Waals surface area (Å²) in [6.45, 7) is 1.42. The Morgan fingerprint density at radius 1 is 1.17 bits per heavy atom. The van der Waals surface area contributed by atoms with Crippen LogP contribution in [0.25, 0.3) is 11.3 Å². The lowest BCUT2D eigenvalue weighted by atomic mass is 10.2. The molecule has 1 aliphatic heterocycles. The Kier molecular flexibility index (Phi) is 2.90. The summed E-state index contributed by atoms with van der Waals surface area (Å²) in [5.41, 5.74) is 1.77. The Morgan fingerprint density at radius 2 is 2.00 bits per heavy atom. The first kappa shape index (κ1) is 11.1. The Bertz CT molecular complexity index is 514. The van der Waals surface area contributed by atoms with Gasteiger partial charge in [0.1, 0.15) is 0 Å². The van der Waals surface area contributed by atoms with Gasteiger partial charge < -0.3 is 10.0 Å². The molecule has 0 bridgehead atoms. The average molecular weight is 242 g/mol. The molecule has 1 saturated heterocycles. The molecule has 1 fully saturated rings. The van der Waals surface area contributed by atoms with Crippen LogP contribution in [0.2, 0.25) is 0 Å². The molecule has 0 radical (unpaired) electrons. The maximum Gasteiger partial charge on any atom is 0.225 e. The highest BCUT2D eigenvalue weighted by molar-refractivity contribution is 5.57. The molecule has 1 N–H and O–H groups in total. The van der Waals surface area contributed by atoms with E-state index in [4.69, 9.17) is 0 Å². The van der Waals surface area contributed by atoms with Crippen LogP contribution in [-0.4, -0.2) is 39.3 Å². The summed E-state index contributed by atoms with van der Waals surface area (Å²) in [6.07, 6.45) is 5.82. The number of aromatic nitrogens is 3. The van der Waals surface area contributed by atoms with Gasteiger partial charge in [-0.3, -0.25) is 4.98 Å². The molecule has 0 aliphatic carbocycles. The van der Waals surface area contributed by atoms with E-state index in [-0.39, 0.29) is 6.10 Å². The van der Waals surface area contributed by atoms with Crippen LogP contribution in [0.1, 0.15) is 6.42 Å². The van der Waals surface area contributed by atoms with Crippen LogP contribution in [0.4, 0.5) is 5.95 Å². The third-order valence-electron chi connectivity index (χ3n) is 3.05. The monoisotopic (exact) mass is 242 g/mol. The summed E-state index contributed by atoms with van der Waals surface area (Å²) < 4.78 is 0. The van der Waals surface area contributed by atoms with Crippen LogP contribution in [0.3, 0.4) is 0 Å². The number of β-amino-alcohol motifs (C(OH)–C–C–N with tert-alkyl or cyclic N) is 1. The van der Waals surface area contributed by atoms with E-state index in [2.05, 4.69) is 15.0 Å². The van der Waals surface area contributed by atoms with Crippen molar-refractivity contribution in [3.05, 3.63) is 36.8 Å². The zero-order chi connectivity index (χ0) is 12.4. The minimum Gasteiger partial charge on any atom is -0.391 e. The van der Waals surface area contributed by atoms with Crippen LogP contribution in [0.15, 0.2) is 36.8 Å². The summed E-state index contributed by atoms with van der Waals surface area (Å²) in [5, 5.41) is 9.49. The largest absolute Gasteiger partial charge is 0.391 e. The zero-order valence-corrected chi connectivity index (χ0v) is 9.90. The molecule has 1 unspecified atom stereocenters. The highest BCUT2D eigenvalue weighted by Gasteiger charge is 2.22. The number of pyridine rings is 1. The first-order chi connectivity index (χ1) is 8.83. The van der Waals surface area contributed by atoms with Crippen molar-refractivity contribution in [2.75, 3.05) is 18.0 Å². The molecule has 0 amide bonds. The van der Waals surface area contributed by atoms with Crippen LogP contribution in [0.5, 0.6) is 0 Å². The summed E-state index contributed by atoms with van der Waals surface area (Å²) in [7, 11) is 0. The number of aliphatic hydroxyl groups is 1. The minimum absolute atomic E-state index is 0.260. The summed E-state index contributed by atoms with van der Waals surface area (Å²) >= 11 is 0. The number of aliphatic hydroxyl groups excluding tert-OH is 1. The van der Waals surface area contributed by atoms with Gasteiger partial charge in [-0.2, -0.15) is 0 Å². The van der Waals surface area contributed by atoms with Crippen molar-refractivity contribution in [1.82, 2.24) is 15.0 Å². The molecule has 0 spiro atoms. The van der Waals surface area contributed by atoms with Gasteiger partial charge in [0.2, 0.25) is 5.95 Å². The zero-order valence-electron chi connectivity index (χ0n) is 9.90. The third-order valence-corrected chi connectivity index (χ3v) is 3.05. The molecule has 5 heteroatoms. The Morgan fingerprint density at radius 3 is 2.61 bits per heavy atom. The lowest BCUT2D eigenvalue weighted by Gasteiger charge is -2.14. The Hall–Kier alpha value is -2.01. The molecule has 2 aromatic rings. The van der Waals surface area contributed by atoms with E-state index in [0.29, 0.717) is 12.5 Å². The second kappa shape index (κ2) is 4.70. The highest BCUT2D eigenvalue weighted by Crippen LogP contribution is 2.19. The summed E-state index contributed by atoms with van der Waals surface area (Å²) in [4.78, 5) is 14.9. The normalized spacial score (nSPS) is 19.2. The topological polar surface area (TPSA) is 62.1 Å². The molecular weight excluding hydrogens is 228 g/mol. The number of hydrogen-bond donors (Lipinski definition) is 1. The fourth-order valence-corrected chi connectivity index (χ4v) is 2.07. The molecule has 2 aromatic heterocycles. The lowest BCUT2D eigenvalue weighted by Crippen LogP contribution is -2.23. The van der Waals surface area contributed by atoms with E-state index < -0.39 is 0 Å². The van der Waals surface area contributed by atoms with E-state index in [1.165, 1.54) is 0 Å². The van der Waals surface area contributed by atoms with E-state index in [0.717, 1.165) is 24.2 Å². The third kappa shape index (κ3) is 2.17. The number of rotatable bonds is 2. The molecule has 1 aliphatic rings. The Balaban J connectivity index is 1.81. The Labute approximate surface area is 105 Å². The number of nitrogens with zero attached hydrogens (tertiary/aromatic N) is 4. The minimum atomic E-state index is -0.260. The summed E-state index contributed by atoms with van der Waals surface area (Å²) in [6, 6.07) is 5.75. The van der Waals surface area contributed by atoms with Crippen LogP contribution in [0, 0.1) is 0 Å². The number of anilines is 1. The van der Waals surface area contributed by atoms with Crippen molar-refractivity contribution in [3.8, 4) is 11.3 Å². The van der Waals surface area contributed by atoms with Gasteiger partial charge in [-0.05, 0) is 18.6 Å². The molecule has 3 rings (SSSR count). The molecule has 0 aromatic carbocycles. The predicted molar refractivity (Wildman–Crippen MR) is 68.1 cm³/mol. The summed E-state index contributed by atoms with van der Waals surface area (Å²) in [5.74, 6) is 0.672. The van der Waals surface area contributed by atoms with Gasteiger partial charge in [0.05, 0.1) is 11.8 Å². The SMILES string of the molecule is OC1CCN(c2ncc(-c3ccccn3)cn2)C1. The molecule has 92 valence electrons. The van der Waals surface area contributed by atoms with E-state index >= 15 is 0 Å². The van der Waals surface area contributed by atoms with Gasteiger partial charge in [0.15, 0.2) is 0 Å². The van der Waals surface area contributed by atoms with Gasteiger partial charge >= 0.3 is 0 Å². The number of hydrogen-bond acceptors (Lipinski definition) is 5. The molecular formula is C13H14N4O. The first-order valence-corrected chi connectivity index (χ1v) is 5.99. The smallest absolute Gasteiger partial charge is 0.225 e. The molecule has 18 heavy (non-hydrogen) atoms. The van der Waals surface area contributed by atoms with Crippen LogP contribution < -0.4 is 4.90 Å². The highest BCUT2D eigenvalue weighted by atomic mass is 16.3. The van der Waals surface area contributed by atoms with Gasteiger partial charge in [0, 0.05) is 37.2 Å². The first-order valence-electron chi connectivity index (χ1n) is 5.99. The predicted octanol–water partition coefficient (Wildman–Crippen LogP) is 1.11. The molecule has 5 nitrogen and oxygen atoms in total. The lowest BCUT2D eigenvalue weighted by molar-refractivity contribution is 0.198. The van der Waals surface area contributed by atoms with Crippen molar-refractivity contribution >= 4 is 5.95 Å². The molecule has 3 heterocycles. The second-order valence-electron chi connectivity index (χ2n) is 4.38. The van der Waals surface area contributed by atoms with Crippen LogP contribution in [-0.2, 0) is 0 Å². The second-order valence-corrected chi connectivity index (χ2v) is 4.38. The van der Waals surface area contributed by atoms with Gasteiger partial charge in [0.25, 0.3) is 0 Å². The molecule has 0 saturated carbocycles. The van der Waals surface area contributed by atoms with Crippen molar-refractivity contribution in [2.45, 2.75) is 12.5 Å². The van der Waals surface area contributed by atoms with Gasteiger partial charge in [-0.15, -0.1) is 0 Å². The fraction of sp³-hybridized carbons (Fsp3) is 0.308. The maximum absolute atomic E-state index is 9.49. The standard InChI is InChI=1S/C13H14N4O/c18-11-4-6-17(9-11)13-15-7-10(8-16-13)12-3-1-2-5-14-12/h1-3,5,7-8,11,18H,4,6,9H2. The quantitative estimate of drug-likeness (QED) is 0.854. The fourth-order valence-electron chi connectivity index (χ4n) is 2.07. The van der Waals surface area contributed by atoms with Crippen molar-refractivity contribution in [2.24, 2.45) is 0 Å². The van der Waals surface area contributed by atoms with Gasteiger partial charge in [-0.1, -0.05) is 6.07 Å². The average Bonchev–Trinajstić information content (AvgIpc) is 2.87. The maximum atomic E-state index is 9.49. The van der Waals surface area contributed by atoms with E-state index in [1.54, 1.807) is 18.6 Å². The van der Waals surface area contributed by atoms with Crippen molar-refractivity contribution < 1.29 is 5.11 Å². The van der Waals surface area contributed by atoms with Crippen molar-refractivity contribution in [3.63, 3.8) is 0 Å². The van der Waals surface area contributed by atoms with Gasteiger partial charge in [-0.25, -0.2) is 9.97 Å². The van der Waals surface area contributed by atoms with Crippen molar-refractivity contribution in [1.29, 1.82) is 0 Å². The molecule has 1 atom stereocenters. The van der Waals surface area contributed by atoms with Crippen LogP contribution >= 0.6 is 0 Å².